The van der Waals surface area contributed by atoms with Crippen LogP contribution in [0.2, 0.25) is 0 Å². The smallest absolute Gasteiger partial charge is 0.263 e. The Morgan fingerprint density at radius 3 is 2.35 bits per heavy atom. The predicted octanol–water partition coefficient (Wildman–Crippen LogP) is 3.95. The molecule has 0 aliphatic rings. The minimum absolute atomic E-state index is 0.110. The molecule has 0 heterocycles. The second-order valence-electron chi connectivity index (χ2n) is 4.25. The largest absolute Gasteiger partial charge is 0.317 e. The molecule has 0 radical (unpaired) electrons. The Morgan fingerprint density at radius 1 is 1.06 bits per heavy atom. The number of hydrogen-bond donors (Lipinski definition) is 1. The Morgan fingerprint density at radius 2 is 1.76 bits per heavy atom. The van der Waals surface area contributed by atoms with Crippen molar-refractivity contribution in [2.24, 2.45) is 0 Å². The van der Waals surface area contributed by atoms with E-state index in [-0.39, 0.29) is 5.56 Å². The van der Waals surface area contributed by atoms with E-state index in [0.717, 1.165) is 44.3 Å². The van der Waals surface area contributed by atoms with Crippen LogP contribution in [0.1, 0.15) is 43.7 Å². The molecule has 0 aromatic heterocycles. The van der Waals surface area contributed by atoms with Crippen LogP contribution in [-0.2, 0) is 6.42 Å². The Hall–Kier alpha value is -0.960. The Balaban J connectivity index is 2.19. The molecular formula is C14H21F2N. The van der Waals surface area contributed by atoms with E-state index in [0.29, 0.717) is 0 Å². The molecule has 0 amide bonds. The molecule has 1 nitrogen and oxygen atoms in total. The highest BCUT2D eigenvalue weighted by molar-refractivity contribution is 5.23. The second kappa shape index (κ2) is 8.18. The molecule has 0 atom stereocenters. The molecule has 0 bridgehead atoms. The first-order chi connectivity index (χ1) is 8.24. The van der Waals surface area contributed by atoms with Crippen molar-refractivity contribution in [1.29, 1.82) is 0 Å². The molecule has 1 rings (SSSR count). The van der Waals surface area contributed by atoms with E-state index in [2.05, 4.69) is 12.2 Å². The zero-order valence-corrected chi connectivity index (χ0v) is 10.4. The third kappa shape index (κ3) is 5.78. The lowest BCUT2D eigenvalue weighted by molar-refractivity contribution is 0.151. The summed E-state index contributed by atoms with van der Waals surface area (Å²) in [7, 11) is 0. The number of nitrogens with one attached hydrogen (secondary N) is 1. The summed E-state index contributed by atoms with van der Waals surface area (Å²) in [5.74, 6) is 0. The van der Waals surface area contributed by atoms with E-state index in [1.165, 1.54) is 12.1 Å². The van der Waals surface area contributed by atoms with Crippen LogP contribution >= 0.6 is 0 Å². The zero-order chi connectivity index (χ0) is 12.5. The van der Waals surface area contributed by atoms with Crippen LogP contribution < -0.4 is 5.32 Å². The van der Waals surface area contributed by atoms with Crippen molar-refractivity contribution in [2.75, 3.05) is 13.1 Å². The van der Waals surface area contributed by atoms with Crippen LogP contribution in [0.25, 0.3) is 0 Å². The third-order valence-corrected chi connectivity index (χ3v) is 2.73. The van der Waals surface area contributed by atoms with Crippen molar-refractivity contribution in [1.82, 2.24) is 5.32 Å². The molecule has 1 aromatic carbocycles. The van der Waals surface area contributed by atoms with Gasteiger partial charge in [-0.3, -0.25) is 0 Å². The van der Waals surface area contributed by atoms with Crippen LogP contribution in [0.15, 0.2) is 24.3 Å². The van der Waals surface area contributed by atoms with Crippen LogP contribution in [0, 0.1) is 0 Å². The van der Waals surface area contributed by atoms with E-state index in [1.54, 1.807) is 12.1 Å². The normalized spacial score (nSPS) is 11.1. The SMILES string of the molecule is CCCNCCCCc1ccc(C(F)F)cc1. The van der Waals surface area contributed by atoms with Crippen molar-refractivity contribution >= 4 is 0 Å². The van der Waals surface area contributed by atoms with Crippen molar-refractivity contribution < 1.29 is 8.78 Å². The van der Waals surface area contributed by atoms with Crippen LogP contribution in [-0.4, -0.2) is 13.1 Å². The number of unbranched alkanes of at least 4 members (excludes halogenated alkanes) is 1. The minimum Gasteiger partial charge on any atom is -0.317 e. The van der Waals surface area contributed by atoms with Crippen LogP contribution in [0.5, 0.6) is 0 Å². The molecule has 0 saturated carbocycles. The molecule has 1 aromatic rings. The highest BCUT2D eigenvalue weighted by Gasteiger charge is 2.05. The van der Waals surface area contributed by atoms with Gasteiger partial charge in [0.15, 0.2) is 0 Å². The monoisotopic (exact) mass is 241 g/mol. The zero-order valence-electron chi connectivity index (χ0n) is 10.4. The van der Waals surface area contributed by atoms with Gasteiger partial charge in [0.1, 0.15) is 0 Å². The first-order valence-corrected chi connectivity index (χ1v) is 6.31. The lowest BCUT2D eigenvalue weighted by Gasteiger charge is -2.04. The fourth-order valence-electron chi connectivity index (χ4n) is 1.71. The quantitative estimate of drug-likeness (QED) is 0.680. The highest BCUT2D eigenvalue weighted by Crippen LogP contribution is 2.19. The average Bonchev–Trinajstić information content (AvgIpc) is 2.34. The first kappa shape index (κ1) is 14.1. The Kier molecular flexibility index (Phi) is 6.78. The van der Waals surface area contributed by atoms with Gasteiger partial charge in [0, 0.05) is 5.56 Å². The van der Waals surface area contributed by atoms with E-state index >= 15 is 0 Å². The summed E-state index contributed by atoms with van der Waals surface area (Å²) in [4.78, 5) is 0. The second-order valence-corrected chi connectivity index (χ2v) is 4.25. The average molecular weight is 241 g/mol. The maximum Gasteiger partial charge on any atom is 0.263 e. The number of alkyl halides is 2. The summed E-state index contributed by atoms with van der Waals surface area (Å²) >= 11 is 0. The maximum absolute atomic E-state index is 12.3. The van der Waals surface area contributed by atoms with Crippen LogP contribution in [0.3, 0.4) is 0 Å². The standard InChI is InChI=1S/C14H21F2N/c1-2-10-17-11-4-3-5-12-6-8-13(9-7-12)14(15)16/h6-9,14,17H,2-5,10-11H2,1H3. The molecule has 3 heteroatoms. The number of halogens is 2. The van der Waals surface area contributed by atoms with E-state index in [1.807, 2.05) is 0 Å². The van der Waals surface area contributed by atoms with Gasteiger partial charge in [-0.1, -0.05) is 31.2 Å². The molecule has 0 unspecified atom stereocenters. The van der Waals surface area contributed by atoms with Gasteiger partial charge in [-0.2, -0.15) is 0 Å². The predicted molar refractivity (Wildman–Crippen MR) is 67.5 cm³/mol. The third-order valence-electron chi connectivity index (χ3n) is 2.73. The Labute approximate surface area is 102 Å². The van der Waals surface area contributed by atoms with Gasteiger partial charge in [-0.15, -0.1) is 0 Å². The summed E-state index contributed by atoms with van der Waals surface area (Å²) < 4.78 is 24.6. The Bertz CT molecular complexity index is 296. The van der Waals surface area contributed by atoms with Gasteiger partial charge in [0.05, 0.1) is 0 Å². The van der Waals surface area contributed by atoms with Crippen molar-refractivity contribution in [2.45, 2.75) is 39.0 Å². The van der Waals surface area contributed by atoms with Gasteiger partial charge in [-0.05, 0) is 44.3 Å². The summed E-state index contributed by atoms with van der Waals surface area (Å²) in [5, 5.41) is 3.35. The molecule has 17 heavy (non-hydrogen) atoms. The summed E-state index contributed by atoms with van der Waals surface area (Å²) in [6.07, 6.45) is 2.01. The van der Waals surface area contributed by atoms with Gasteiger partial charge in [0.2, 0.25) is 0 Å². The summed E-state index contributed by atoms with van der Waals surface area (Å²) in [6, 6.07) is 6.66. The highest BCUT2D eigenvalue weighted by atomic mass is 19.3. The summed E-state index contributed by atoms with van der Waals surface area (Å²) in [5.41, 5.74) is 1.25. The van der Waals surface area contributed by atoms with E-state index < -0.39 is 6.43 Å². The fourth-order valence-corrected chi connectivity index (χ4v) is 1.71. The van der Waals surface area contributed by atoms with Crippen LogP contribution in [0.4, 0.5) is 8.78 Å². The molecule has 0 spiro atoms. The molecule has 96 valence electrons. The number of rotatable bonds is 8. The van der Waals surface area contributed by atoms with Crippen molar-refractivity contribution in [3.63, 3.8) is 0 Å². The minimum atomic E-state index is -2.36. The molecule has 0 fully saturated rings. The van der Waals surface area contributed by atoms with E-state index in [9.17, 15) is 8.78 Å². The topological polar surface area (TPSA) is 12.0 Å². The molecular weight excluding hydrogens is 220 g/mol. The number of benzene rings is 1. The first-order valence-electron chi connectivity index (χ1n) is 6.31. The lowest BCUT2D eigenvalue weighted by Crippen LogP contribution is -2.15. The maximum atomic E-state index is 12.3. The fraction of sp³-hybridized carbons (Fsp3) is 0.571. The number of hydrogen-bond acceptors (Lipinski definition) is 1. The molecule has 0 aliphatic carbocycles. The lowest BCUT2D eigenvalue weighted by atomic mass is 10.1. The van der Waals surface area contributed by atoms with Crippen molar-refractivity contribution in [3.8, 4) is 0 Å². The van der Waals surface area contributed by atoms with Crippen molar-refractivity contribution in [3.05, 3.63) is 35.4 Å². The van der Waals surface area contributed by atoms with Gasteiger partial charge in [-0.25, -0.2) is 8.78 Å². The van der Waals surface area contributed by atoms with Gasteiger partial charge >= 0.3 is 0 Å². The molecule has 0 aliphatic heterocycles. The molecule has 1 N–H and O–H groups in total. The van der Waals surface area contributed by atoms with Gasteiger partial charge in [0.25, 0.3) is 6.43 Å². The van der Waals surface area contributed by atoms with E-state index in [4.69, 9.17) is 0 Å². The number of aryl methyl sites for hydroxylation is 1. The summed E-state index contributed by atoms with van der Waals surface area (Å²) in [6.45, 7) is 4.27. The van der Waals surface area contributed by atoms with Gasteiger partial charge < -0.3 is 5.32 Å². The molecule has 0 saturated heterocycles.